The van der Waals surface area contributed by atoms with Crippen LogP contribution in [0.15, 0.2) is 29.3 Å². The molecule has 0 radical (unpaired) electrons. The van der Waals surface area contributed by atoms with Gasteiger partial charge in [0, 0.05) is 16.9 Å². The second-order valence-corrected chi connectivity index (χ2v) is 8.66. The van der Waals surface area contributed by atoms with Crippen molar-refractivity contribution in [2.45, 2.75) is 38.6 Å². The Labute approximate surface area is 165 Å². The van der Waals surface area contributed by atoms with E-state index in [0.29, 0.717) is 11.6 Å². The van der Waals surface area contributed by atoms with Gasteiger partial charge in [0.15, 0.2) is 0 Å². The van der Waals surface area contributed by atoms with Gasteiger partial charge in [0.25, 0.3) is 5.56 Å². The summed E-state index contributed by atoms with van der Waals surface area (Å²) in [4.78, 5) is 24.7. The normalized spacial score (nSPS) is 14.6. The number of hydrogen-bond donors (Lipinski definition) is 0. The highest BCUT2D eigenvalue weighted by Gasteiger charge is 2.19. The van der Waals surface area contributed by atoms with Crippen molar-refractivity contribution in [3.8, 4) is 0 Å². The topological polar surface area (TPSA) is 52.7 Å². The van der Waals surface area contributed by atoms with Gasteiger partial charge in [-0.05, 0) is 49.4 Å². The zero-order valence-electron chi connectivity index (χ0n) is 15.0. The third-order valence-corrected chi connectivity index (χ3v) is 6.87. The van der Waals surface area contributed by atoms with Gasteiger partial charge in [0.2, 0.25) is 0 Å². The van der Waals surface area contributed by atoms with Gasteiger partial charge >= 0.3 is 0 Å². The standard InChI is InChI=1S/C20H19ClN4OS/c1-24-15-8-7-12(21)9-14(15)23-17(24)10-25-11-22-19-18(20(25)26)13-5-3-2-4-6-16(13)27-19/h7-9,11H,2-6,10H2,1H3. The zero-order chi connectivity index (χ0) is 18.5. The van der Waals surface area contributed by atoms with Crippen LogP contribution >= 0.6 is 22.9 Å². The summed E-state index contributed by atoms with van der Waals surface area (Å²) in [7, 11) is 1.96. The maximum atomic E-state index is 13.2. The van der Waals surface area contributed by atoms with Gasteiger partial charge in [-0.1, -0.05) is 18.0 Å². The van der Waals surface area contributed by atoms with Crippen LogP contribution in [-0.4, -0.2) is 19.1 Å². The van der Waals surface area contributed by atoms with Gasteiger partial charge in [-0.2, -0.15) is 0 Å². The number of thiophene rings is 1. The molecule has 0 aliphatic heterocycles. The van der Waals surface area contributed by atoms with E-state index >= 15 is 0 Å². The maximum absolute atomic E-state index is 13.2. The van der Waals surface area contributed by atoms with E-state index in [1.165, 1.54) is 23.3 Å². The van der Waals surface area contributed by atoms with Crippen LogP contribution in [0.1, 0.15) is 35.5 Å². The van der Waals surface area contributed by atoms with Gasteiger partial charge in [0.1, 0.15) is 10.7 Å². The fourth-order valence-corrected chi connectivity index (χ4v) is 5.37. The average Bonchev–Trinajstić information content (AvgIpc) is 3.05. The molecule has 3 heterocycles. The Bertz CT molecular complexity index is 1240. The van der Waals surface area contributed by atoms with Gasteiger partial charge in [-0.15, -0.1) is 11.3 Å². The summed E-state index contributed by atoms with van der Waals surface area (Å²) < 4.78 is 3.69. The van der Waals surface area contributed by atoms with E-state index in [1.54, 1.807) is 22.2 Å². The van der Waals surface area contributed by atoms with E-state index < -0.39 is 0 Å². The van der Waals surface area contributed by atoms with Crippen LogP contribution in [0.5, 0.6) is 0 Å². The van der Waals surface area contributed by atoms with Gasteiger partial charge < -0.3 is 4.57 Å². The number of rotatable bonds is 2. The lowest BCUT2D eigenvalue weighted by Crippen LogP contribution is -2.22. The van der Waals surface area contributed by atoms with Crippen LogP contribution in [0.25, 0.3) is 21.3 Å². The summed E-state index contributed by atoms with van der Waals surface area (Å²) >= 11 is 7.78. The molecule has 0 bridgehead atoms. The largest absolute Gasteiger partial charge is 0.330 e. The molecule has 0 saturated carbocycles. The molecule has 0 fully saturated rings. The van der Waals surface area contributed by atoms with Crippen LogP contribution in [-0.2, 0) is 26.4 Å². The molecule has 27 heavy (non-hydrogen) atoms. The van der Waals surface area contributed by atoms with Crippen molar-refractivity contribution in [2.24, 2.45) is 7.05 Å². The summed E-state index contributed by atoms with van der Waals surface area (Å²) in [6.45, 7) is 0.398. The third-order valence-electron chi connectivity index (χ3n) is 5.44. The first kappa shape index (κ1) is 17.0. The SMILES string of the molecule is Cn1c(Cn2cnc3sc4c(c3c2=O)CCCCC4)nc2cc(Cl)ccc21. The first-order valence-electron chi connectivity index (χ1n) is 9.22. The molecule has 0 atom stereocenters. The minimum absolute atomic E-state index is 0.0458. The van der Waals surface area contributed by atoms with Crippen molar-refractivity contribution in [1.29, 1.82) is 0 Å². The first-order valence-corrected chi connectivity index (χ1v) is 10.4. The van der Waals surface area contributed by atoms with Crippen LogP contribution < -0.4 is 5.56 Å². The Morgan fingerprint density at radius 1 is 1.22 bits per heavy atom. The highest BCUT2D eigenvalue weighted by atomic mass is 35.5. The summed E-state index contributed by atoms with van der Waals surface area (Å²) in [6.07, 6.45) is 7.31. The van der Waals surface area contributed by atoms with Gasteiger partial charge in [-0.25, -0.2) is 9.97 Å². The van der Waals surface area contributed by atoms with Crippen molar-refractivity contribution in [1.82, 2.24) is 19.1 Å². The molecular formula is C20H19ClN4OS. The molecule has 0 unspecified atom stereocenters. The van der Waals surface area contributed by atoms with E-state index in [1.807, 2.05) is 29.8 Å². The second-order valence-electron chi connectivity index (χ2n) is 7.14. The molecule has 0 N–H and O–H groups in total. The lowest BCUT2D eigenvalue weighted by molar-refractivity contribution is 0.679. The molecule has 3 aromatic heterocycles. The molecule has 5 nitrogen and oxygen atoms in total. The van der Waals surface area contributed by atoms with Crippen molar-refractivity contribution in [2.75, 3.05) is 0 Å². The molecule has 4 aromatic rings. The number of halogens is 1. The zero-order valence-corrected chi connectivity index (χ0v) is 16.6. The predicted molar refractivity (Wildman–Crippen MR) is 110 cm³/mol. The number of aryl methyl sites for hydroxylation is 3. The Morgan fingerprint density at radius 3 is 2.96 bits per heavy atom. The van der Waals surface area contributed by atoms with Crippen LogP contribution in [0.2, 0.25) is 5.02 Å². The van der Waals surface area contributed by atoms with Crippen molar-refractivity contribution < 1.29 is 0 Å². The number of benzene rings is 1. The fraction of sp³-hybridized carbons (Fsp3) is 0.350. The van der Waals surface area contributed by atoms with Crippen molar-refractivity contribution in [3.05, 3.63) is 56.2 Å². The van der Waals surface area contributed by atoms with Crippen molar-refractivity contribution >= 4 is 44.2 Å². The lowest BCUT2D eigenvalue weighted by Gasteiger charge is -2.06. The smallest absolute Gasteiger partial charge is 0.262 e. The van der Waals surface area contributed by atoms with Crippen molar-refractivity contribution in [3.63, 3.8) is 0 Å². The van der Waals surface area contributed by atoms with E-state index in [0.717, 1.165) is 46.3 Å². The molecule has 0 spiro atoms. The lowest BCUT2D eigenvalue weighted by atomic mass is 10.1. The van der Waals surface area contributed by atoms with Gasteiger partial charge in [0.05, 0.1) is 29.3 Å². The molecule has 1 aromatic carbocycles. The summed E-state index contributed by atoms with van der Waals surface area (Å²) in [5.74, 6) is 0.817. The molecule has 0 saturated heterocycles. The number of nitrogens with zero attached hydrogens (tertiary/aromatic N) is 4. The highest BCUT2D eigenvalue weighted by Crippen LogP contribution is 2.32. The third kappa shape index (κ3) is 2.78. The molecule has 7 heteroatoms. The summed E-state index contributed by atoms with van der Waals surface area (Å²) in [6, 6.07) is 5.66. The molecule has 138 valence electrons. The van der Waals surface area contributed by atoms with Gasteiger partial charge in [-0.3, -0.25) is 9.36 Å². The monoisotopic (exact) mass is 398 g/mol. The van der Waals surface area contributed by atoms with E-state index in [4.69, 9.17) is 11.6 Å². The molecule has 1 aliphatic rings. The Balaban J connectivity index is 1.62. The Hall–Kier alpha value is -2.18. The first-order chi connectivity index (χ1) is 13.1. The number of hydrogen-bond acceptors (Lipinski definition) is 4. The minimum Gasteiger partial charge on any atom is -0.330 e. The Morgan fingerprint density at radius 2 is 2.07 bits per heavy atom. The highest BCUT2D eigenvalue weighted by molar-refractivity contribution is 7.18. The number of aromatic nitrogens is 4. The van der Waals surface area contributed by atoms with E-state index in [9.17, 15) is 4.79 Å². The minimum atomic E-state index is 0.0458. The molecule has 5 rings (SSSR count). The molecule has 1 aliphatic carbocycles. The predicted octanol–water partition coefficient (Wildman–Crippen LogP) is 4.32. The van der Waals surface area contributed by atoms with E-state index in [2.05, 4.69) is 9.97 Å². The second kappa shape index (κ2) is 6.46. The average molecular weight is 399 g/mol. The summed E-state index contributed by atoms with van der Waals surface area (Å²) in [5, 5.41) is 1.48. The summed E-state index contributed by atoms with van der Waals surface area (Å²) in [5.41, 5.74) is 3.12. The molecule has 0 amide bonds. The quantitative estimate of drug-likeness (QED) is 0.472. The van der Waals surface area contributed by atoms with E-state index in [-0.39, 0.29) is 5.56 Å². The van der Waals surface area contributed by atoms with Crippen LogP contribution in [0.3, 0.4) is 0 Å². The fourth-order valence-electron chi connectivity index (χ4n) is 3.99. The van der Waals surface area contributed by atoms with Crippen LogP contribution in [0.4, 0.5) is 0 Å². The van der Waals surface area contributed by atoms with Crippen LogP contribution in [0, 0.1) is 0 Å². The Kier molecular flexibility index (Phi) is 4.06. The number of fused-ring (bicyclic) bond motifs is 4. The molecular weight excluding hydrogens is 380 g/mol. The number of imidazole rings is 1. The maximum Gasteiger partial charge on any atom is 0.262 e.